The monoisotopic (exact) mass is 244 g/mol. The van der Waals surface area contributed by atoms with E-state index in [2.05, 4.69) is 6.07 Å². The molecule has 0 aliphatic rings. The van der Waals surface area contributed by atoms with Gasteiger partial charge in [0.05, 0.1) is 12.0 Å². The van der Waals surface area contributed by atoms with E-state index in [0.717, 1.165) is 17.3 Å². The average Bonchev–Trinajstić information content (AvgIpc) is 2.36. The summed E-state index contributed by atoms with van der Waals surface area (Å²) in [6.07, 6.45) is 2.67. The summed E-state index contributed by atoms with van der Waals surface area (Å²) in [7, 11) is 1.89. The fourth-order valence-electron chi connectivity index (χ4n) is 1.69. The minimum absolute atomic E-state index is 0.0773. The second kappa shape index (κ2) is 6.45. The average molecular weight is 244 g/mol. The van der Waals surface area contributed by atoms with Gasteiger partial charge in [-0.1, -0.05) is 18.2 Å². The number of benzene rings is 1. The Morgan fingerprint density at radius 2 is 2.22 bits per heavy atom. The summed E-state index contributed by atoms with van der Waals surface area (Å²) in [6, 6.07) is 9.68. The number of anilines is 1. The van der Waals surface area contributed by atoms with E-state index >= 15 is 0 Å². The summed E-state index contributed by atoms with van der Waals surface area (Å²) in [5.74, 6) is -1.05. The maximum Gasteiger partial charge on any atom is 0.328 e. The van der Waals surface area contributed by atoms with E-state index in [9.17, 15) is 4.79 Å². The van der Waals surface area contributed by atoms with Gasteiger partial charge < -0.3 is 10.0 Å². The van der Waals surface area contributed by atoms with Crippen molar-refractivity contribution in [3.05, 3.63) is 35.9 Å². The molecule has 4 nitrogen and oxygen atoms in total. The molecule has 0 amide bonds. The van der Waals surface area contributed by atoms with Crippen LogP contribution in [0.1, 0.15) is 12.5 Å². The summed E-state index contributed by atoms with van der Waals surface area (Å²) in [5, 5.41) is 17.5. The van der Waals surface area contributed by atoms with Crippen LogP contribution in [0.4, 0.5) is 5.69 Å². The molecule has 0 spiro atoms. The molecule has 1 aromatic rings. The first-order valence-corrected chi connectivity index (χ1v) is 5.65. The van der Waals surface area contributed by atoms with Crippen LogP contribution in [0, 0.1) is 17.2 Å². The van der Waals surface area contributed by atoms with E-state index in [-0.39, 0.29) is 5.92 Å². The maximum absolute atomic E-state index is 10.5. The van der Waals surface area contributed by atoms with Crippen molar-refractivity contribution in [2.24, 2.45) is 5.92 Å². The Morgan fingerprint density at radius 3 is 2.83 bits per heavy atom. The molecule has 18 heavy (non-hydrogen) atoms. The molecule has 0 fully saturated rings. The third-order valence-corrected chi connectivity index (χ3v) is 2.52. The minimum atomic E-state index is -0.974. The molecule has 0 bridgehead atoms. The topological polar surface area (TPSA) is 64.3 Å². The van der Waals surface area contributed by atoms with Crippen LogP contribution in [-0.4, -0.2) is 24.7 Å². The molecule has 4 heteroatoms. The van der Waals surface area contributed by atoms with Crippen molar-refractivity contribution in [2.75, 3.05) is 18.5 Å². The number of aliphatic carboxylic acids is 1. The van der Waals surface area contributed by atoms with Gasteiger partial charge in [-0.25, -0.2) is 4.79 Å². The molecule has 1 rings (SSSR count). The lowest BCUT2D eigenvalue weighted by atomic mass is 10.1. The molecular weight excluding hydrogens is 228 g/mol. The van der Waals surface area contributed by atoms with Gasteiger partial charge in [0, 0.05) is 25.4 Å². The predicted octanol–water partition coefficient (Wildman–Crippen LogP) is 2.38. The zero-order chi connectivity index (χ0) is 13.5. The quantitative estimate of drug-likeness (QED) is 0.808. The van der Waals surface area contributed by atoms with E-state index < -0.39 is 5.97 Å². The van der Waals surface area contributed by atoms with Crippen molar-refractivity contribution in [2.45, 2.75) is 6.92 Å². The molecule has 0 aliphatic carbocycles. The van der Waals surface area contributed by atoms with Crippen LogP contribution >= 0.6 is 0 Å². The standard InChI is InChI=1S/C14H16N2O2/c1-11(9-15)10-16(2)13-6-4-3-5-12(13)7-8-14(17)18/h3-8,11H,10H2,1-2H3,(H,17,18)/b8-7+. The van der Waals surface area contributed by atoms with Crippen molar-refractivity contribution in [1.82, 2.24) is 0 Å². The molecule has 0 saturated carbocycles. The molecule has 1 atom stereocenters. The Kier molecular flexibility index (Phi) is 4.94. The van der Waals surface area contributed by atoms with E-state index in [1.807, 2.05) is 43.1 Å². The Morgan fingerprint density at radius 1 is 1.56 bits per heavy atom. The van der Waals surface area contributed by atoms with Crippen LogP contribution in [0.5, 0.6) is 0 Å². The number of rotatable bonds is 5. The van der Waals surface area contributed by atoms with Gasteiger partial charge in [0.2, 0.25) is 0 Å². The van der Waals surface area contributed by atoms with Gasteiger partial charge in [0.1, 0.15) is 0 Å². The smallest absolute Gasteiger partial charge is 0.328 e. The van der Waals surface area contributed by atoms with Crippen LogP contribution in [0.25, 0.3) is 6.08 Å². The van der Waals surface area contributed by atoms with Crippen molar-refractivity contribution in [1.29, 1.82) is 5.26 Å². The van der Waals surface area contributed by atoms with E-state index in [4.69, 9.17) is 10.4 Å². The lowest BCUT2D eigenvalue weighted by molar-refractivity contribution is -0.131. The lowest BCUT2D eigenvalue weighted by Gasteiger charge is -2.22. The molecule has 1 aromatic carbocycles. The highest BCUT2D eigenvalue weighted by atomic mass is 16.4. The summed E-state index contributed by atoms with van der Waals surface area (Å²) in [5.41, 5.74) is 1.74. The Labute approximate surface area is 107 Å². The molecule has 0 aromatic heterocycles. The number of para-hydroxylation sites is 1. The molecule has 1 N–H and O–H groups in total. The molecule has 94 valence electrons. The lowest BCUT2D eigenvalue weighted by Crippen LogP contribution is -2.23. The Bertz CT molecular complexity index is 489. The second-order valence-corrected chi connectivity index (χ2v) is 4.14. The van der Waals surface area contributed by atoms with Gasteiger partial charge in [-0.3, -0.25) is 0 Å². The van der Waals surface area contributed by atoms with Gasteiger partial charge in [0.15, 0.2) is 0 Å². The molecule has 1 unspecified atom stereocenters. The van der Waals surface area contributed by atoms with Crippen LogP contribution in [0.15, 0.2) is 30.3 Å². The number of nitrogens with zero attached hydrogens (tertiary/aromatic N) is 2. The Balaban J connectivity index is 2.95. The zero-order valence-corrected chi connectivity index (χ0v) is 10.5. The first-order valence-electron chi connectivity index (χ1n) is 5.65. The summed E-state index contributed by atoms with van der Waals surface area (Å²) in [4.78, 5) is 12.5. The van der Waals surface area contributed by atoms with E-state index in [1.165, 1.54) is 0 Å². The van der Waals surface area contributed by atoms with Crippen molar-refractivity contribution in [3.63, 3.8) is 0 Å². The second-order valence-electron chi connectivity index (χ2n) is 4.14. The first-order chi connectivity index (χ1) is 8.54. The van der Waals surface area contributed by atoms with Crippen molar-refractivity contribution < 1.29 is 9.90 Å². The fourth-order valence-corrected chi connectivity index (χ4v) is 1.69. The summed E-state index contributed by atoms with van der Waals surface area (Å²) in [6.45, 7) is 2.46. The highest BCUT2D eigenvalue weighted by Gasteiger charge is 2.08. The molecule has 0 aliphatic heterocycles. The number of nitriles is 1. The van der Waals surface area contributed by atoms with Gasteiger partial charge in [-0.15, -0.1) is 0 Å². The number of carboxylic acids is 1. The molecular formula is C14H16N2O2. The number of carboxylic acid groups (broad SMARTS) is 1. The number of hydrogen-bond acceptors (Lipinski definition) is 3. The SMILES string of the molecule is CC(C#N)CN(C)c1ccccc1/C=C/C(=O)O. The normalized spacial score (nSPS) is 12.1. The third kappa shape index (κ3) is 3.95. The Hall–Kier alpha value is -2.28. The molecule has 0 heterocycles. The third-order valence-electron chi connectivity index (χ3n) is 2.52. The highest BCUT2D eigenvalue weighted by Crippen LogP contribution is 2.21. The molecule has 0 saturated heterocycles. The van der Waals surface area contributed by atoms with Crippen molar-refractivity contribution in [3.8, 4) is 6.07 Å². The van der Waals surface area contributed by atoms with E-state index in [1.54, 1.807) is 6.08 Å². The maximum atomic E-state index is 10.5. The predicted molar refractivity (Wildman–Crippen MR) is 71.2 cm³/mol. The van der Waals surface area contributed by atoms with Gasteiger partial charge in [0.25, 0.3) is 0 Å². The van der Waals surface area contributed by atoms with Crippen LogP contribution in [0.3, 0.4) is 0 Å². The van der Waals surface area contributed by atoms with Gasteiger partial charge in [-0.05, 0) is 24.6 Å². The minimum Gasteiger partial charge on any atom is -0.478 e. The van der Waals surface area contributed by atoms with Crippen molar-refractivity contribution >= 4 is 17.7 Å². The first kappa shape index (κ1) is 13.8. The van der Waals surface area contributed by atoms with Gasteiger partial charge in [-0.2, -0.15) is 5.26 Å². The number of carbonyl (C=O) groups is 1. The number of hydrogen-bond donors (Lipinski definition) is 1. The highest BCUT2D eigenvalue weighted by molar-refractivity contribution is 5.86. The molecule has 0 radical (unpaired) electrons. The largest absolute Gasteiger partial charge is 0.478 e. The van der Waals surface area contributed by atoms with Gasteiger partial charge >= 0.3 is 5.97 Å². The van der Waals surface area contributed by atoms with E-state index in [0.29, 0.717) is 6.54 Å². The van der Waals surface area contributed by atoms with Crippen LogP contribution in [0.2, 0.25) is 0 Å². The summed E-state index contributed by atoms with van der Waals surface area (Å²) >= 11 is 0. The summed E-state index contributed by atoms with van der Waals surface area (Å²) < 4.78 is 0. The van der Waals surface area contributed by atoms with Crippen LogP contribution in [-0.2, 0) is 4.79 Å². The zero-order valence-electron chi connectivity index (χ0n) is 10.5. The van der Waals surface area contributed by atoms with Crippen LogP contribution < -0.4 is 4.90 Å². The fraction of sp³-hybridized carbons (Fsp3) is 0.286.